The first-order chi connectivity index (χ1) is 8.74. The molecule has 0 atom stereocenters. The van der Waals surface area contributed by atoms with Gasteiger partial charge in [0.05, 0.1) is 0 Å². The predicted molar refractivity (Wildman–Crippen MR) is 72.0 cm³/mol. The van der Waals surface area contributed by atoms with Crippen LogP contribution in [-0.2, 0) is 0 Å². The number of pyridine rings is 1. The van der Waals surface area contributed by atoms with Crippen LogP contribution in [0, 0.1) is 5.92 Å². The van der Waals surface area contributed by atoms with Crippen molar-refractivity contribution >= 4 is 11.5 Å². The summed E-state index contributed by atoms with van der Waals surface area (Å²) >= 11 is 0. The maximum atomic E-state index is 8.68. The van der Waals surface area contributed by atoms with Crippen LogP contribution in [0.1, 0.15) is 31.9 Å². The molecular weight excluding hydrogens is 228 g/mol. The molecule has 5 nitrogen and oxygen atoms in total. The van der Waals surface area contributed by atoms with E-state index in [0.29, 0.717) is 5.69 Å². The lowest BCUT2D eigenvalue weighted by molar-refractivity contribution is 0.318. The van der Waals surface area contributed by atoms with Crippen LogP contribution >= 0.6 is 0 Å². The van der Waals surface area contributed by atoms with Gasteiger partial charge in [0.15, 0.2) is 5.84 Å². The van der Waals surface area contributed by atoms with Crippen molar-refractivity contribution in [3.8, 4) is 0 Å². The third kappa shape index (κ3) is 2.72. The lowest BCUT2D eigenvalue weighted by Crippen LogP contribution is -2.32. The fraction of sp³-hybridized carbons (Fsp3) is 0.538. The second-order valence-electron chi connectivity index (χ2n) is 4.72. The van der Waals surface area contributed by atoms with E-state index in [2.05, 4.69) is 22.0 Å². The number of aromatic nitrogens is 1. The molecule has 18 heavy (non-hydrogen) atoms. The van der Waals surface area contributed by atoms with Gasteiger partial charge in [0.1, 0.15) is 5.69 Å². The normalized spacial score (nSPS) is 16.4. The van der Waals surface area contributed by atoms with Gasteiger partial charge in [0.2, 0.25) is 0 Å². The Morgan fingerprint density at radius 3 is 2.94 bits per heavy atom. The lowest BCUT2D eigenvalue weighted by Gasteiger charge is -2.33. The molecule has 98 valence electrons. The monoisotopic (exact) mass is 248 g/mol. The molecular formula is C13H20N4O. The van der Waals surface area contributed by atoms with E-state index < -0.39 is 0 Å². The second kappa shape index (κ2) is 5.71. The summed E-state index contributed by atoms with van der Waals surface area (Å²) in [6, 6.07) is 3.84. The van der Waals surface area contributed by atoms with E-state index in [9.17, 15) is 0 Å². The van der Waals surface area contributed by atoms with E-state index in [4.69, 9.17) is 10.9 Å². The van der Waals surface area contributed by atoms with Gasteiger partial charge < -0.3 is 15.8 Å². The molecule has 0 saturated heterocycles. The highest BCUT2D eigenvalue weighted by molar-refractivity contribution is 5.95. The predicted octanol–water partition coefficient (Wildman–Crippen LogP) is 1.80. The Bertz CT molecular complexity index is 429. The first-order valence-electron chi connectivity index (χ1n) is 6.43. The molecule has 1 aliphatic carbocycles. The third-order valence-corrected chi connectivity index (χ3v) is 3.56. The van der Waals surface area contributed by atoms with Crippen molar-refractivity contribution < 1.29 is 5.21 Å². The van der Waals surface area contributed by atoms with E-state index in [1.807, 2.05) is 12.1 Å². The van der Waals surface area contributed by atoms with Crippen molar-refractivity contribution in [2.75, 3.05) is 18.0 Å². The molecule has 1 aliphatic rings. The van der Waals surface area contributed by atoms with E-state index in [1.54, 1.807) is 6.20 Å². The summed E-state index contributed by atoms with van der Waals surface area (Å²) in [6.45, 7) is 4.18. The number of oxime groups is 1. The van der Waals surface area contributed by atoms with E-state index in [0.717, 1.165) is 24.7 Å². The molecule has 0 unspecified atom stereocenters. The van der Waals surface area contributed by atoms with Gasteiger partial charge in [-0.25, -0.2) is 0 Å². The minimum absolute atomic E-state index is 0.0524. The summed E-state index contributed by atoms with van der Waals surface area (Å²) < 4.78 is 0. The maximum Gasteiger partial charge on any atom is 0.188 e. The highest BCUT2D eigenvalue weighted by Crippen LogP contribution is 2.28. The number of nitrogens with two attached hydrogens (primary N) is 1. The van der Waals surface area contributed by atoms with Gasteiger partial charge in [-0.3, -0.25) is 4.98 Å². The molecule has 0 bridgehead atoms. The zero-order chi connectivity index (χ0) is 13.0. The molecule has 0 radical (unpaired) electrons. The Hall–Kier alpha value is -1.78. The molecule has 1 aromatic heterocycles. The first-order valence-corrected chi connectivity index (χ1v) is 6.43. The minimum atomic E-state index is 0.0524. The molecule has 0 spiro atoms. The van der Waals surface area contributed by atoms with Crippen LogP contribution in [0.2, 0.25) is 0 Å². The first kappa shape index (κ1) is 12.7. The average molecular weight is 248 g/mol. The van der Waals surface area contributed by atoms with Gasteiger partial charge in [-0.2, -0.15) is 0 Å². The van der Waals surface area contributed by atoms with Gasteiger partial charge >= 0.3 is 0 Å². The Morgan fingerprint density at radius 2 is 2.39 bits per heavy atom. The summed E-state index contributed by atoms with van der Waals surface area (Å²) in [5.74, 6) is 0.863. The van der Waals surface area contributed by atoms with Crippen LogP contribution < -0.4 is 10.6 Å². The molecule has 2 rings (SSSR count). The van der Waals surface area contributed by atoms with Gasteiger partial charge in [0.25, 0.3) is 0 Å². The van der Waals surface area contributed by atoms with Gasteiger partial charge in [-0.05, 0) is 37.8 Å². The quantitative estimate of drug-likeness (QED) is 0.360. The van der Waals surface area contributed by atoms with Crippen LogP contribution in [0.4, 0.5) is 5.69 Å². The van der Waals surface area contributed by atoms with Gasteiger partial charge in [-0.1, -0.05) is 11.6 Å². The SMILES string of the molecule is CCN(CC1CCC1)c1ccnc(/C(N)=N/O)c1. The molecule has 5 heteroatoms. The van der Waals surface area contributed by atoms with Crippen LogP contribution in [0.25, 0.3) is 0 Å². The summed E-state index contributed by atoms with van der Waals surface area (Å²) in [5, 5.41) is 11.7. The van der Waals surface area contributed by atoms with Crippen molar-refractivity contribution in [1.29, 1.82) is 0 Å². The third-order valence-electron chi connectivity index (χ3n) is 3.56. The zero-order valence-corrected chi connectivity index (χ0v) is 10.7. The fourth-order valence-corrected chi connectivity index (χ4v) is 2.21. The molecule has 0 aliphatic heterocycles. The Morgan fingerprint density at radius 1 is 1.61 bits per heavy atom. The topological polar surface area (TPSA) is 74.7 Å². The van der Waals surface area contributed by atoms with Crippen LogP contribution in [-0.4, -0.2) is 29.1 Å². The second-order valence-corrected chi connectivity index (χ2v) is 4.72. The molecule has 1 fully saturated rings. The largest absolute Gasteiger partial charge is 0.409 e. The van der Waals surface area contributed by atoms with E-state index >= 15 is 0 Å². The van der Waals surface area contributed by atoms with Crippen LogP contribution in [0.5, 0.6) is 0 Å². The highest BCUT2D eigenvalue weighted by atomic mass is 16.4. The van der Waals surface area contributed by atoms with Crippen molar-refractivity contribution in [3.63, 3.8) is 0 Å². The molecule has 1 saturated carbocycles. The molecule has 0 amide bonds. The molecule has 1 heterocycles. The zero-order valence-electron chi connectivity index (χ0n) is 10.7. The Kier molecular flexibility index (Phi) is 4.02. The van der Waals surface area contributed by atoms with Crippen molar-refractivity contribution in [1.82, 2.24) is 4.98 Å². The summed E-state index contributed by atoms with van der Waals surface area (Å²) in [4.78, 5) is 6.42. The van der Waals surface area contributed by atoms with Gasteiger partial charge in [0, 0.05) is 25.0 Å². The number of nitrogens with zero attached hydrogens (tertiary/aromatic N) is 3. The van der Waals surface area contributed by atoms with E-state index in [-0.39, 0.29) is 5.84 Å². The number of rotatable bonds is 5. The van der Waals surface area contributed by atoms with Crippen molar-refractivity contribution in [2.45, 2.75) is 26.2 Å². The highest BCUT2D eigenvalue weighted by Gasteiger charge is 2.20. The van der Waals surface area contributed by atoms with Crippen molar-refractivity contribution in [2.24, 2.45) is 16.8 Å². The number of hydrogen-bond donors (Lipinski definition) is 2. The molecule has 1 aromatic rings. The Labute approximate surface area is 107 Å². The standard InChI is InChI=1S/C13H20N4O/c1-2-17(9-10-4-3-5-10)11-6-7-15-12(8-11)13(14)16-18/h6-8,10,18H,2-5,9H2,1H3,(H2,14,16). The summed E-state index contributed by atoms with van der Waals surface area (Å²) in [6.07, 6.45) is 5.71. The minimum Gasteiger partial charge on any atom is -0.409 e. The number of anilines is 1. The molecule has 3 N–H and O–H groups in total. The fourth-order valence-electron chi connectivity index (χ4n) is 2.21. The number of amidine groups is 1. The van der Waals surface area contributed by atoms with E-state index in [1.165, 1.54) is 19.3 Å². The molecule has 0 aromatic carbocycles. The maximum absolute atomic E-state index is 8.68. The summed E-state index contributed by atoms with van der Waals surface area (Å²) in [5.41, 5.74) is 7.16. The van der Waals surface area contributed by atoms with Gasteiger partial charge in [-0.15, -0.1) is 0 Å². The van der Waals surface area contributed by atoms with Crippen LogP contribution in [0.3, 0.4) is 0 Å². The summed E-state index contributed by atoms with van der Waals surface area (Å²) in [7, 11) is 0. The van der Waals surface area contributed by atoms with Crippen molar-refractivity contribution in [3.05, 3.63) is 24.0 Å². The lowest BCUT2D eigenvalue weighted by atomic mass is 9.85. The Balaban J connectivity index is 2.14. The smallest absolute Gasteiger partial charge is 0.188 e. The average Bonchev–Trinajstić information content (AvgIpc) is 2.37. The van der Waals surface area contributed by atoms with Crippen LogP contribution in [0.15, 0.2) is 23.5 Å². The number of hydrogen-bond acceptors (Lipinski definition) is 4.